The fraction of sp³-hybridized carbons (Fsp3) is 0.174. The van der Waals surface area contributed by atoms with Crippen molar-refractivity contribution in [1.29, 1.82) is 0 Å². The Hall–Kier alpha value is -3.12. The Morgan fingerprint density at radius 1 is 0.793 bits per heavy atom. The number of hydrogen-bond acceptors (Lipinski definition) is 2. The summed E-state index contributed by atoms with van der Waals surface area (Å²) < 4.78 is 38.0. The van der Waals surface area contributed by atoms with Crippen LogP contribution in [0.15, 0.2) is 84.9 Å². The molecule has 2 N–H and O–H groups in total. The van der Waals surface area contributed by atoms with Crippen molar-refractivity contribution in [2.75, 3.05) is 6.54 Å². The minimum Gasteiger partial charge on any atom is -0.387 e. The molecule has 0 aliphatic rings. The lowest BCUT2D eigenvalue weighted by Crippen LogP contribution is -2.33. The van der Waals surface area contributed by atoms with Gasteiger partial charge in [-0.25, -0.2) is 0 Å². The second kappa shape index (κ2) is 8.92. The Balaban J connectivity index is 1.72. The molecule has 3 aromatic carbocycles. The Morgan fingerprint density at radius 2 is 1.28 bits per heavy atom. The van der Waals surface area contributed by atoms with Crippen LogP contribution in [0.3, 0.4) is 0 Å². The van der Waals surface area contributed by atoms with Crippen LogP contribution in [0.1, 0.15) is 34.3 Å². The molecule has 0 heterocycles. The summed E-state index contributed by atoms with van der Waals surface area (Å²) in [6.45, 7) is -0.111. The first-order chi connectivity index (χ1) is 13.9. The highest BCUT2D eigenvalue weighted by Gasteiger charge is 2.30. The van der Waals surface area contributed by atoms with Crippen molar-refractivity contribution in [1.82, 2.24) is 5.32 Å². The van der Waals surface area contributed by atoms with Crippen molar-refractivity contribution in [3.8, 4) is 0 Å². The number of alkyl halides is 3. The maximum Gasteiger partial charge on any atom is 0.416 e. The molecule has 1 amide bonds. The average molecular weight is 399 g/mol. The lowest BCUT2D eigenvalue weighted by atomic mass is 9.90. The summed E-state index contributed by atoms with van der Waals surface area (Å²) in [7, 11) is 0. The van der Waals surface area contributed by atoms with Crippen molar-refractivity contribution in [3.63, 3.8) is 0 Å². The molecular formula is C23H20F3NO2. The van der Waals surface area contributed by atoms with Crippen LogP contribution >= 0.6 is 0 Å². The SMILES string of the molecule is O=C(NC[C@H](O)c1ccc(C(F)(F)F)cc1)C(c1ccccc1)c1ccccc1. The second-order valence-corrected chi connectivity index (χ2v) is 6.64. The zero-order valence-electron chi connectivity index (χ0n) is 15.4. The number of carbonyl (C=O) groups excluding carboxylic acids is 1. The molecule has 0 aliphatic carbocycles. The summed E-state index contributed by atoms with van der Waals surface area (Å²) in [5, 5.41) is 13.0. The molecule has 0 unspecified atom stereocenters. The highest BCUT2D eigenvalue weighted by Crippen LogP contribution is 2.30. The monoisotopic (exact) mass is 399 g/mol. The normalized spacial score (nSPS) is 12.6. The smallest absolute Gasteiger partial charge is 0.387 e. The maximum atomic E-state index is 12.9. The van der Waals surface area contributed by atoms with E-state index in [-0.39, 0.29) is 12.5 Å². The quantitative estimate of drug-likeness (QED) is 0.632. The molecule has 0 bridgehead atoms. The fourth-order valence-electron chi connectivity index (χ4n) is 3.10. The number of benzene rings is 3. The number of hydrogen-bond donors (Lipinski definition) is 2. The van der Waals surface area contributed by atoms with Gasteiger partial charge in [0.15, 0.2) is 0 Å². The highest BCUT2D eigenvalue weighted by molar-refractivity contribution is 5.87. The fourth-order valence-corrected chi connectivity index (χ4v) is 3.10. The standard InChI is InChI=1S/C23H20F3NO2/c24-23(25,26)19-13-11-16(12-14-19)20(28)15-27-22(29)21(17-7-3-1-4-8-17)18-9-5-2-6-10-18/h1-14,20-21,28H,15H2,(H,27,29)/t20-/m0/s1. The molecule has 3 nitrogen and oxygen atoms in total. The zero-order chi connectivity index (χ0) is 20.9. The molecule has 0 aromatic heterocycles. The predicted octanol–water partition coefficient (Wildman–Crippen LogP) is 4.69. The molecule has 0 aliphatic heterocycles. The van der Waals surface area contributed by atoms with Gasteiger partial charge in [0.25, 0.3) is 0 Å². The van der Waals surface area contributed by atoms with Crippen LogP contribution in [-0.2, 0) is 11.0 Å². The van der Waals surface area contributed by atoms with Gasteiger partial charge >= 0.3 is 6.18 Å². The van der Waals surface area contributed by atoms with Gasteiger partial charge in [-0.15, -0.1) is 0 Å². The summed E-state index contributed by atoms with van der Waals surface area (Å²) in [5.41, 5.74) is 1.13. The molecule has 0 radical (unpaired) electrons. The van der Waals surface area contributed by atoms with Crippen molar-refractivity contribution < 1.29 is 23.1 Å². The average Bonchev–Trinajstić information content (AvgIpc) is 2.73. The van der Waals surface area contributed by atoms with Gasteiger partial charge in [0, 0.05) is 6.54 Å². The van der Waals surface area contributed by atoms with Crippen LogP contribution in [0.2, 0.25) is 0 Å². The Kier molecular flexibility index (Phi) is 6.34. The summed E-state index contributed by atoms with van der Waals surface area (Å²) in [5.74, 6) is -0.856. The summed E-state index contributed by atoms with van der Waals surface area (Å²) >= 11 is 0. The number of rotatable bonds is 6. The van der Waals surface area contributed by atoms with Gasteiger partial charge in [-0.2, -0.15) is 13.2 Å². The van der Waals surface area contributed by atoms with E-state index < -0.39 is 23.8 Å². The lowest BCUT2D eigenvalue weighted by molar-refractivity contribution is -0.137. The summed E-state index contributed by atoms with van der Waals surface area (Å²) in [4.78, 5) is 12.9. The van der Waals surface area contributed by atoms with Crippen LogP contribution in [-0.4, -0.2) is 17.6 Å². The van der Waals surface area contributed by atoms with E-state index in [1.807, 2.05) is 60.7 Å². The first kappa shape index (κ1) is 20.6. The van der Waals surface area contributed by atoms with Gasteiger partial charge in [0.1, 0.15) is 0 Å². The van der Waals surface area contributed by atoms with E-state index in [4.69, 9.17) is 0 Å². The predicted molar refractivity (Wildman–Crippen MR) is 104 cm³/mol. The number of aliphatic hydroxyl groups excluding tert-OH is 1. The molecule has 29 heavy (non-hydrogen) atoms. The molecule has 0 fully saturated rings. The number of halogens is 3. The molecule has 0 saturated carbocycles. The maximum absolute atomic E-state index is 12.9. The van der Waals surface area contributed by atoms with Crippen molar-refractivity contribution >= 4 is 5.91 Å². The first-order valence-corrected chi connectivity index (χ1v) is 9.09. The third kappa shape index (κ3) is 5.23. The largest absolute Gasteiger partial charge is 0.416 e. The van der Waals surface area contributed by atoms with E-state index in [0.717, 1.165) is 23.3 Å². The van der Waals surface area contributed by atoms with E-state index in [1.54, 1.807) is 0 Å². The van der Waals surface area contributed by atoms with Crippen LogP contribution in [0.4, 0.5) is 13.2 Å². The number of carbonyl (C=O) groups is 1. The molecule has 3 aromatic rings. The second-order valence-electron chi connectivity index (χ2n) is 6.64. The van der Waals surface area contributed by atoms with Crippen molar-refractivity contribution in [3.05, 3.63) is 107 Å². The minimum atomic E-state index is -4.43. The molecule has 0 saturated heterocycles. The van der Waals surface area contributed by atoms with Crippen LogP contribution in [0.5, 0.6) is 0 Å². The molecule has 150 valence electrons. The van der Waals surface area contributed by atoms with Crippen molar-refractivity contribution in [2.45, 2.75) is 18.2 Å². The lowest BCUT2D eigenvalue weighted by Gasteiger charge is -2.19. The van der Waals surface area contributed by atoms with Gasteiger partial charge in [0.05, 0.1) is 17.6 Å². The third-order valence-electron chi connectivity index (χ3n) is 4.62. The van der Waals surface area contributed by atoms with Crippen LogP contribution < -0.4 is 5.32 Å². The Bertz CT molecular complexity index is 886. The van der Waals surface area contributed by atoms with Gasteiger partial charge < -0.3 is 10.4 Å². The molecule has 6 heteroatoms. The number of aliphatic hydroxyl groups is 1. The number of amides is 1. The molecule has 3 rings (SSSR count). The Morgan fingerprint density at radius 3 is 1.72 bits per heavy atom. The zero-order valence-corrected chi connectivity index (χ0v) is 15.4. The van der Waals surface area contributed by atoms with E-state index in [0.29, 0.717) is 5.56 Å². The van der Waals surface area contributed by atoms with E-state index in [9.17, 15) is 23.1 Å². The van der Waals surface area contributed by atoms with Crippen LogP contribution in [0.25, 0.3) is 0 Å². The third-order valence-corrected chi connectivity index (χ3v) is 4.62. The molecule has 0 spiro atoms. The van der Waals surface area contributed by atoms with Gasteiger partial charge in [-0.05, 0) is 28.8 Å². The highest BCUT2D eigenvalue weighted by atomic mass is 19.4. The van der Waals surface area contributed by atoms with Gasteiger partial charge in [-0.1, -0.05) is 72.8 Å². The van der Waals surface area contributed by atoms with E-state index in [1.165, 1.54) is 12.1 Å². The minimum absolute atomic E-state index is 0.111. The summed E-state index contributed by atoms with van der Waals surface area (Å²) in [6.07, 6.45) is -5.55. The van der Waals surface area contributed by atoms with Gasteiger partial charge in [0.2, 0.25) is 5.91 Å². The topological polar surface area (TPSA) is 49.3 Å². The first-order valence-electron chi connectivity index (χ1n) is 9.09. The van der Waals surface area contributed by atoms with Crippen molar-refractivity contribution in [2.24, 2.45) is 0 Å². The van der Waals surface area contributed by atoms with Gasteiger partial charge in [-0.3, -0.25) is 4.79 Å². The van der Waals surface area contributed by atoms with Crippen LogP contribution in [0, 0.1) is 0 Å². The number of nitrogens with one attached hydrogen (secondary N) is 1. The van der Waals surface area contributed by atoms with E-state index >= 15 is 0 Å². The molecule has 1 atom stereocenters. The summed E-state index contributed by atoms with van der Waals surface area (Å²) in [6, 6.07) is 22.7. The molecular weight excluding hydrogens is 379 g/mol. The Labute approximate surface area is 166 Å². The van der Waals surface area contributed by atoms with E-state index in [2.05, 4.69) is 5.32 Å².